The van der Waals surface area contributed by atoms with Gasteiger partial charge in [0.25, 0.3) is 0 Å². The van der Waals surface area contributed by atoms with Crippen molar-refractivity contribution < 1.29 is 14.4 Å². The Labute approximate surface area is 144 Å². The van der Waals surface area contributed by atoms with Gasteiger partial charge in [-0.3, -0.25) is 14.4 Å². The van der Waals surface area contributed by atoms with Gasteiger partial charge in [-0.1, -0.05) is 19.9 Å². The number of hydrogen-bond donors (Lipinski definition) is 0. The van der Waals surface area contributed by atoms with Gasteiger partial charge in [-0.05, 0) is 61.3 Å². The Morgan fingerprint density at radius 2 is 1.96 bits per heavy atom. The summed E-state index contributed by atoms with van der Waals surface area (Å²) >= 11 is 0. The normalized spacial score (nSPS) is 47.5. The molecule has 3 fully saturated rings. The molecule has 3 nitrogen and oxygen atoms in total. The van der Waals surface area contributed by atoms with Gasteiger partial charge in [-0.2, -0.15) is 0 Å². The highest BCUT2D eigenvalue weighted by atomic mass is 16.1. The zero-order valence-corrected chi connectivity index (χ0v) is 15.1. The van der Waals surface area contributed by atoms with E-state index in [4.69, 9.17) is 0 Å². The molecule has 24 heavy (non-hydrogen) atoms. The van der Waals surface area contributed by atoms with Gasteiger partial charge < -0.3 is 0 Å². The molecule has 3 heteroatoms. The lowest BCUT2D eigenvalue weighted by Crippen LogP contribution is -2.57. The molecule has 0 saturated heterocycles. The molecule has 0 radical (unpaired) electrons. The van der Waals surface area contributed by atoms with Crippen molar-refractivity contribution in [3.05, 3.63) is 11.6 Å². The Hall–Kier alpha value is -1.25. The van der Waals surface area contributed by atoms with Crippen LogP contribution in [0, 0.1) is 34.5 Å². The first-order valence-corrected chi connectivity index (χ1v) is 9.53. The van der Waals surface area contributed by atoms with E-state index in [-0.39, 0.29) is 22.5 Å². The Bertz CT molecular complexity index is 660. The third-order valence-electron chi connectivity index (χ3n) is 8.13. The smallest absolute Gasteiger partial charge is 0.156 e. The molecular formula is C21H28O3. The van der Waals surface area contributed by atoms with E-state index in [1.165, 1.54) is 0 Å². The van der Waals surface area contributed by atoms with Crippen molar-refractivity contribution in [2.45, 2.75) is 65.7 Å². The van der Waals surface area contributed by atoms with Crippen molar-refractivity contribution in [2.75, 3.05) is 0 Å². The first kappa shape index (κ1) is 16.2. The second kappa shape index (κ2) is 5.12. The fraction of sp³-hybridized carbons (Fsp3) is 0.762. The standard InChI is InChI=1S/C21H28O3/c1-12(22)16-6-7-17-15-5-4-13-10-14(23)8-9-20(13,2)19(15)18(24)11-21(16,17)3/h6,13,15,17,19H,4-5,7-11H2,1-3H3/t13-,15-,17+,19+,20-,21-/m0/s1. The highest BCUT2D eigenvalue weighted by Gasteiger charge is 2.62. The number of carbonyl (C=O) groups excluding carboxylic acids is 3. The molecule has 0 aromatic heterocycles. The van der Waals surface area contributed by atoms with Crippen molar-refractivity contribution in [2.24, 2.45) is 34.5 Å². The lowest BCUT2D eigenvalue weighted by Gasteiger charge is -2.58. The average Bonchev–Trinajstić information content (AvgIpc) is 2.84. The van der Waals surface area contributed by atoms with Crippen LogP contribution in [0.25, 0.3) is 0 Å². The Balaban J connectivity index is 1.70. The third kappa shape index (κ3) is 1.99. The minimum atomic E-state index is -0.252. The van der Waals surface area contributed by atoms with Crippen LogP contribution in [0.15, 0.2) is 11.6 Å². The fourth-order valence-corrected chi connectivity index (χ4v) is 6.98. The molecule has 0 heterocycles. The highest BCUT2D eigenvalue weighted by molar-refractivity contribution is 5.97. The van der Waals surface area contributed by atoms with Crippen LogP contribution in [0.1, 0.15) is 65.7 Å². The van der Waals surface area contributed by atoms with Crippen LogP contribution >= 0.6 is 0 Å². The van der Waals surface area contributed by atoms with Gasteiger partial charge in [-0.25, -0.2) is 0 Å². The van der Waals surface area contributed by atoms with E-state index >= 15 is 0 Å². The molecular weight excluding hydrogens is 300 g/mol. The van der Waals surface area contributed by atoms with Crippen molar-refractivity contribution >= 4 is 17.3 Å². The van der Waals surface area contributed by atoms with E-state index in [1.54, 1.807) is 6.92 Å². The van der Waals surface area contributed by atoms with Crippen LogP contribution in [-0.2, 0) is 14.4 Å². The molecule has 6 atom stereocenters. The molecule has 4 rings (SSSR count). The van der Waals surface area contributed by atoms with Gasteiger partial charge in [0.1, 0.15) is 11.6 Å². The Morgan fingerprint density at radius 1 is 1.21 bits per heavy atom. The number of fused-ring (bicyclic) bond motifs is 5. The molecule has 0 aliphatic heterocycles. The van der Waals surface area contributed by atoms with E-state index in [1.807, 2.05) is 0 Å². The summed E-state index contributed by atoms with van der Waals surface area (Å²) in [6.45, 7) is 6.06. The number of hydrogen-bond acceptors (Lipinski definition) is 3. The minimum absolute atomic E-state index is 0.00574. The lowest BCUT2D eigenvalue weighted by molar-refractivity contribution is -0.157. The monoisotopic (exact) mass is 328 g/mol. The van der Waals surface area contributed by atoms with Crippen LogP contribution in [0.5, 0.6) is 0 Å². The van der Waals surface area contributed by atoms with E-state index in [9.17, 15) is 14.4 Å². The third-order valence-corrected chi connectivity index (χ3v) is 8.13. The summed E-state index contributed by atoms with van der Waals surface area (Å²) in [7, 11) is 0. The summed E-state index contributed by atoms with van der Waals surface area (Å²) in [4.78, 5) is 37.3. The van der Waals surface area contributed by atoms with E-state index in [0.717, 1.165) is 31.3 Å². The molecule has 0 aromatic carbocycles. The second-order valence-electron chi connectivity index (χ2n) is 9.24. The predicted octanol–water partition coefficient (Wildman–Crippen LogP) is 3.90. The largest absolute Gasteiger partial charge is 0.300 e. The summed E-state index contributed by atoms with van der Waals surface area (Å²) < 4.78 is 0. The van der Waals surface area contributed by atoms with Crippen molar-refractivity contribution in [1.29, 1.82) is 0 Å². The zero-order valence-electron chi connectivity index (χ0n) is 15.1. The lowest BCUT2D eigenvalue weighted by atomic mass is 9.44. The summed E-state index contributed by atoms with van der Waals surface area (Å²) in [6.07, 6.45) is 7.87. The number of ketones is 3. The van der Waals surface area contributed by atoms with Crippen LogP contribution in [-0.4, -0.2) is 17.3 Å². The Kier molecular flexibility index (Phi) is 3.47. The second-order valence-corrected chi connectivity index (χ2v) is 9.24. The average molecular weight is 328 g/mol. The molecule has 0 amide bonds. The van der Waals surface area contributed by atoms with E-state index < -0.39 is 0 Å². The number of Topliss-reactive ketones (excluding diaryl/α,β-unsaturated/α-hetero) is 3. The molecule has 0 bridgehead atoms. The van der Waals surface area contributed by atoms with Gasteiger partial charge in [0.15, 0.2) is 5.78 Å². The molecule has 0 N–H and O–H groups in total. The maximum atomic E-state index is 13.3. The first-order valence-electron chi connectivity index (χ1n) is 9.53. The number of carbonyl (C=O) groups is 3. The predicted molar refractivity (Wildman–Crippen MR) is 91.3 cm³/mol. The number of allylic oxidation sites excluding steroid dienone is 2. The topological polar surface area (TPSA) is 51.2 Å². The zero-order chi connectivity index (χ0) is 17.3. The van der Waals surface area contributed by atoms with Gasteiger partial charge in [0, 0.05) is 30.6 Å². The molecule has 0 spiro atoms. The van der Waals surface area contributed by atoms with Crippen LogP contribution in [0.4, 0.5) is 0 Å². The quantitative estimate of drug-likeness (QED) is 0.733. The summed E-state index contributed by atoms with van der Waals surface area (Å²) in [6, 6.07) is 0. The van der Waals surface area contributed by atoms with Gasteiger partial charge in [0.2, 0.25) is 0 Å². The van der Waals surface area contributed by atoms with Crippen LogP contribution in [0.3, 0.4) is 0 Å². The van der Waals surface area contributed by atoms with Crippen LogP contribution < -0.4 is 0 Å². The Morgan fingerprint density at radius 3 is 2.67 bits per heavy atom. The van der Waals surface area contributed by atoms with E-state index in [0.29, 0.717) is 48.6 Å². The first-order chi connectivity index (χ1) is 11.3. The van der Waals surface area contributed by atoms with Crippen molar-refractivity contribution in [1.82, 2.24) is 0 Å². The fourth-order valence-electron chi connectivity index (χ4n) is 6.98. The molecule has 0 aromatic rings. The molecule has 130 valence electrons. The molecule has 4 aliphatic carbocycles. The highest BCUT2D eigenvalue weighted by Crippen LogP contribution is 2.65. The maximum Gasteiger partial charge on any atom is 0.156 e. The molecule has 0 unspecified atom stereocenters. The maximum absolute atomic E-state index is 13.3. The van der Waals surface area contributed by atoms with E-state index in [2.05, 4.69) is 19.9 Å². The molecule has 3 saturated carbocycles. The minimum Gasteiger partial charge on any atom is -0.300 e. The molecule has 4 aliphatic rings. The van der Waals surface area contributed by atoms with Crippen molar-refractivity contribution in [3.63, 3.8) is 0 Å². The van der Waals surface area contributed by atoms with Gasteiger partial charge in [0.05, 0.1) is 0 Å². The van der Waals surface area contributed by atoms with Crippen LogP contribution in [0.2, 0.25) is 0 Å². The SMILES string of the molecule is CC(=O)C1=CC[C@@H]2[C@@H]3CC[C@H]4CC(=O)CC[C@]4(C)[C@H]3C(=O)C[C@@]12C. The summed E-state index contributed by atoms with van der Waals surface area (Å²) in [5.41, 5.74) is 0.636. The van der Waals surface area contributed by atoms with Gasteiger partial charge in [-0.15, -0.1) is 0 Å². The number of rotatable bonds is 1. The van der Waals surface area contributed by atoms with Crippen molar-refractivity contribution in [3.8, 4) is 0 Å². The summed E-state index contributed by atoms with van der Waals surface area (Å²) in [5.74, 6) is 2.17. The summed E-state index contributed by atoms with van der Waals surface area (Å²) in [5, 5.41) is 0. The van der Waals surface area contributed by atoms with Gasteiger partial charge >= 0.3 is 0 Å².